The fourth-order valence-corrected chi connectivity index (χ4v) is 3.56. The lowest BCUT2D eigenvalue weighted by atomic mass is 10.1. The summed E-state index contributed by atoms with van der Waals surface area (Å²) in [6.45, 7) is 3.68. The number of hydrogen-bond acceptors (Lipinski definition) is 6. The highest BCUT2D eigenvalue weighted by Crippen LogP contribution is 2.20. The molecule has 134 valence electrons. The van der Waals surface area contributed by atoms with Gasteiger partial charge in [0.05, 0.1) is 24.8 Å². The Balaban J connectivity index is 1.59. The summed E-state index contributed by atoms with van der Waals surface area (Å²) in [6.07, 6.45) is 1.65. The highest BCUT2D eigenvalue weighted by atomic mass is 32.1. The van der Waals surface area contributed by atoms with Crippen LogP contribution >= 0.6 is 11.3 Å². The summed E-state index contributed by atoms with van der Waals surface area (Å²) < 4.78 is 5.35. The molecule has 7 heteroatoms. The summed E-state index contributed by atoms with van der Waals surface area (Å²) in [4.78, 5) is 21.1. The van der Waals surface area contributed by atoms with E-state index in [0.717, 1.165) is 32.1 Å². The maximum absolute atomic E-state index is 12.4. The van der Waals surface area contributed by atoms with Crippen LogP contribution in [0.4, 0.5) is 5.82 Å². The molecular weight excluding hydrogens is 336 g/mol. The summed E-state index contributed by atoms with van der Waals surface area (Å²) in [5.41, 5.74) is 1.80. The van der Waals surface area contributed by atoms with Crippen molar-refractivity contribution in [3.8, 4) is 0 Å². The molecule has 0 bridgehead atoms. The van der Waals surface area contributed by atoms with Crippen molar-refractivity contribution < 1.29 is 9.53 Å². The second-order valence-electron chi connectivity index (χ2n) is 6.25. The smallest absolute Gasteiger partial charge is 0.252 e. The van der Waals surface area contributed by atoms with E-state index in [1.807, 2.05) is 26.2 Å². The van der Waals surface area contributed by atoms with Gasteiger partial charge in [0.25, 0.3) is 5.91 Å². The van der Waals surface area contributed by atoms with E-state index in [9.17, 15) is 4.79 Å². The van der Waals surface area contributed by atoms with E-state index in [2.05, 4.69) is 36.9 Å². The van der Waals surface area contributed by atoms with Crippen molar-refractivity contribution in [2.24, 2.45) is 0 Å². The van der Waals surface area contributed by atoms with Crippen LogP contribution in [-0.2, 0) is 4.74 Å². The van der Waals surface area contributed by atoms with Crippen molar-refractivity contribution in [1.82, 2.24) is 15.2 Å². The first-order valence-electron chi connectivity index (χ1n) is 8.40. The first-order chi connectivity index (χ1) is 12.1. The van der Waals surface area contributed by atoms with Crippen molar-refractivity contribution in [2.75, 3.05) is 51.8 Å². The second kappa shape index (κ2) is 8.42. The lowest BCUT2D eigenvalue weighted by molar-refractivity contribution is 0.0941. The number of pyridine rings is 1. The number of aromatic nitrogens is 1. The third-order valence-electron chi connectivity index (χ3n) is 4.35. The van der Waals surface area contributed by atoms with Crippen molar-refractivity contribution >= 4 is 23.1 Å². The number of carbonyl (C=O) groups excluding carboxylic acids is 1. The molecule has 1 aliphatic heterocycles. The Morgan fingerprint density at radius 1 is 1.36 bits per heavy atom. The molecule has 1 amide bonds. The fraction of sp³-hybridized carbons (Fsp3) is 0.444. The summed E-state index contributed by atoms with van der Waals surface area (Å²) in [5, 5.41) is 7.20. The molecule has 0 spiro atoms. The van der Waals surface area contributed by atoms with Gasteiger partial charge in [0.1, 0.15) is 5.82 Å². The SMILES string of the molecule is CN(C)[C@H](CNC(=O)c1ccc(N2CCOCC2)nc1)c1ccsc1. The monoisotopic (exact) mass is 360 g/mol. The Morgan fingerprint density at radius 3 is 2.76 bits per heavy atom. The average Bonchev–Trinajstić information content (AvgIpc) is 3.16. The average molecular weight is 360 g/mol. The minimum absolute atomic E-state index is 0.0943. The second-order valence-corrected chi connectivity index (χ2v) is 7.03. The Bertz CT molecular complexity index is 667. The van der Waals surface area contributed by atoms with Gasteiger partial charge in [-0.25, -0.2) is 4.98 Å². The Hall–Kier alpha value is -1.96. The Labute approximate surface area is 152 Å². The number of ether oxygens (including phenoxy) is 1. The molecule has 1 saturated heterocycles. The van der Waals surface area contributed by atoms with Crippen molar-refractivity contribution in [2.45, 2.75) is 6.04 Å². The molecule has 25 heavy (non-hydrogen) atoms. The van der Waals surface area contributed by atoms with Crippen LogP contribution in [-0.4, -0.2) is 62.7 Å². The molecule has 3 heterocycles. The molecule has 0 aliphatic carbocycles. The molecular formula is C18H24N4O2S. The molecule has 3 rings (SSSR count). The van der Waals surface area contributed by atoms with E-state index in [1.54, 1.807) is 17.5 Å². The molecule has 0 saturated carbocycles. The van der Waals surface area contributed by atoms with Crippen molar-refractivity contribution in [3.63, 3.8) is 0 Å². The standard InChI is InChI=1S/C18H24N4O2S/c1-21(2)16(15-5-10-25-13-15)12-20-18(23)14-3-4-17(19-11-14)22-6-8-24-9-7-22/h3-5,10-11,13,16H,6-9,12H2,1-2H3,(H,20,23)/t16-/m1/s1. The first kappa shape index (κ1) is 17.8. The highest BCUT2D eigenvalue weighted by molar-refractivity contribution is 7.07. The number of hydrogen-bond donors (Lipinski definition) is 1. The van der Waals surface area contributed by atoms with Gasteiger partial charge in [-0.15, -0.1) is 0 Å². The molecule has 0 radical (unpaired) electrons. The van der Waals surface area contributed by atoms with E-state index in [0.29, 0.717) is 12.1 Å². The zero-order valence-corrected chi connectivity index (χ0v) is 15.5. The van der Waals surface area contributed by atoms with Crippen LogP contribution in [0.25, 0.3) is 0 Å². The number of carbonyl (C=O) groups is 1. The number of nitrogens with zero attached hydrogens (tertiary/aromatic N) is 3. The fourth-order valence-electron chi connectivity index (χ4n) is 2.85. The quantitative estimate of drug-likeness (QED) is 0.854. The van der Waals surface area contributed by atoms with Gasteiger partial charge in [-0.05, 0) is 48.6 Å². The summed E-state index contributed by atoms with van der Waals surface area (Å²) in [5.74, 6) is 0.799. The minimum Gasteiger partial charge on any atom is -0.378 e. The Morgan fingerprint density at radius 2 is 2.16 bits per heavy atom. The van der Waals surface area contributed by atoms with Gasteiger partial charge >= 0.3 is 0 Å². The predicted octanol–water partition coefficient (Wildman–Crippen LogP) is 2.01. The third-order valence-corrected chi connectivity index (χ3v) is 5.05. The number of rotatable bonds is 6. The molecule has 6 nitrogen and oxygen atoms in total. The lowest BCUT2D eigenvalue weighted by Gasteiger charge is -2.27. The number of morpholine rings is 1. The number of amides is 1. The van der Waals surface area contributed by atoms with E-state index < -0.39 is 0 Å². The van der Waals surface area contributed by atoms with E-state index in [-0.39, 0.29) is 11.9 Å². The number of nitrogens with one attached hydrogen (secondary N) is 1. The van der Waals surface area contributed by atoms with Gasteiger partial charge in [0.2, 0.25) is 0 Å². The van der Waals surface area contributed by atoms with Crippen LogP contribution in [0.2, 0.25) is 0 Å². The van der Waals surface area contributed by atoms with Crippen LogP contribution in [0.15, 0.2) is 35.2 Å². The molecule has 2 aromatic rings. The number of likely N-dealkylation sites (N-methyl/N-ethyl adjacent to an activating group) is 1. The molecule has 1 atom stereocenters. The Kier molecular flexibility index (Phi) is 6.01. The van der Waals surface area contributed by atoms with Crippen LogP contribution in [0.3, 0.4) is 0 Å². The van der Waals surface area contributed by atoms with Gasteiger partial charge in [-0.3, -0.25) is 4.79 Å². The molecule has 0 unspecified atom stereocenters. The zero-order valence-electron chi connectivity index (χ0n) is 14.6. The summed E-state index contributed by atoms with van der Waals surface area (Å²) in [6, 6.07) is 6.00. The minimum atomic E-state index is -0.0943. The normalized spacial score (nSPS) is 16.0. The molecule has 2 aromatic heterocycles. The topological polar surface area (TPSA) is 57.7 Å². The van der Waals surface area contributed by atoms with Gasteiger partial charge in [0, 0.05) is 25.8 Å². The van der Waals surface area contributed by atoms with Crippen molar-refractivity contribution in [1.29, 1.82) is 0 Å². The van der Waals surface area contributed by atoms with E-state index in [4.69, 9.17) is 4.74 Å². The predicted molar refractivity (Wildman–Crippen MR) is 100 cm³/mol. The van der Waals surface area contributed by atoms with Crippen LogP contribution in [0.1, 0.15) is 22.0 Å². The molecule has 0 aromatic carbocycles. The lowest BCUT2D eigenvalue weighted by Crippen LogP contribution is -2.37. The first-order valence-corrected chi connectivity index (χ1v) is 9.35. The number of thiophene rings is 1. The molecule has 1 fully saturated rings. The maximum atomic E-state index is 12.4. The van der Waals surface area contributed by atoms with Gasteiger partial charge in [0.15, 0.2) is 0 Å². The van der Waals surface area contributed by atoms with Crippen LogP contribution < -0.4 is 10.2 Å². The van der Waals surface area contributed by atoms with Gasteiger partial charge < -0.3 is 19.9 Å². The van der Waals surface area contributed by atoms with Crippen molar-refractivity contribution in [3.05, 3.63) is 46.3 Å². The van der Waals surface area contributed by atoms with E-state index in [1.165, 1.54) is 5.56 Å². The largest absolute Gasteiger partial charge is 0.378 e. The summed E-state index contributed by atoms with van der Waals surface area (Å²) in [7, 11) is 4.04. The molecule has 1 N–H and O–H groups in total. The van der Waals surface area contributed by atoms with Crippen LogP contribution in [0.5, 0.6) is 0 Å². The third kappa shape index (κ3) is 4.56. The van der Waals surface area contributed by atoms with E-state index >= 15 is 0 Å². The van der Waals surface area contributed by atoms with Gasteiger partial charge in [-0.1, -0.05) is 0 Å². The number of anilines is 1. The molecule has 1 aliphatic rings. The highest BCUT2D eigenvalue weighted by Gasteiger charge is 2.17. The van der Waals surface area contributed by atoms with Gasteiger partial charge in [-0.2, -0.15) is 11.3 Å². The summed E-state index contributed by atoms with van der Waals surface area (Å²) >= 11 is 1.67. The zero-order chi connectivity index (χ0) is 17.6. The van der Waals surface area contributed by atoms with Crippen LogP contribution in [0, 0.1) is 0 Å². The maximum Gasteiger partial charge on any atom is 0.252 e.